The minimum Gasteiger partial charge on any atom is -0.364 e. The molecule has 0 saturated carbocycles. The van der Waals surface area contributed by atoms with E-state index in [1.54, 1.807) is 68.4 Å². The summed E-state index contributed by atoms with van der Waals surface area (Å²) < 4.78 is 16.8. The molecule has 3 aromatic carbocycles. The lowest BCUT2D eigenvalue weighted by atomic mass is 10.0. The summed E-state index contributed by atoms with van der Waals surface area (Å²) in [5, 5.41) is 21.7. The zero-order valence-electron chi connectivity index (χ0n) is 28.0. The molecule has 4 aromatic rings. The van der Waals surface area contributed by atoms with Gasteiger partial charge in [-0.05, 0) is 84.2 Å². The molecule has 1 aromatic heterocycles. The van der Waals surface area contributed by atoms with Gasteiger partial charge in [-0.3, -0.25) is 24.0 Å². The number of fused-ring (bicyclic) bond motifs is 1. The molecule has 2 heterocycles. The number of hydrogen-bond acceptors (Lipinski definition) is 8. The molecule has 1 fully saturated rings. The van der Waals surface area contributed by atoms with Crippen LogP contribution in [-0.4, -0.2) is 99.5 Å². The number of aromatic nitrogens is 2. The summed E-state index contributed by atoms with van der Waals surface area (Å²) in [6, 6.07) is 16.3. The highest BCUT2D eigenvalue weighted by Crippen LogP contribution is 2.32. The van der Waals surface area contributed by atoms with Crippen LogP contribution in [0.1, 0.15) is 37.2 Å². The molecular formula is C35H42ClFN8O4. The summed E-state index contributed by atoms with van der Waals surface area (Å²) in [6.07, 6.45) is 0.887. The van der Waals surface area contributed by atoms with Gasteiger partial charge in [0.2, 0.25) is 11.8 Å². The van der Waals surface area contributed by atoms with Gasteiger partial charge in [0, 0.05) is 39.3 Å². The van der Waals surface area contributed by atoms with Crippen molar-refractivity contribution in [2.24, 2.45) is 5.73 Å². The SMILES string of the molecule is CC(C)N(CC(=O)Nc1cccc(-c2ccccc2Cl)c1F)C(=O)Cn1nc(C(N)=O)c2cc(NC(O)N(C)C3CCN(C)CC3)ccc21. The van der Waals surface area contributed by atoms with Crippen molar-refractivity contribution in [2.75, 3.05) is 44.4 Å². The number of aliphatic hydroxyl groups excluding tert-OH is 1. The fourth-order valence-corrected chi connectivity index (χ4v) is 6.30. The third-order valence-corrected chi connectivity index (χ3v) is 9.24. The van der Waals surface area contributed by atoms with E-state index in [1.165, 1.54) is 15.6 Å². The third-order valence-electron chi connectivity index (χ3n) is 8.91. The van der Waals surface area contributed by atoms with Gasteiger partial charge in [-0.1, -0.05) is 41.9 Å². The lowest BCUT2D eigenvalue weighted by molar-refractivity contribution is -0.137. The lowest BCUT2D eigenvalue weighted by Crippen LogP contribution is -2.49. The van der Waals surface area contributed by atoms with Gasteiger partial charge in [-0.2, -0.15) is 5.10 Å². The number of amides is 3. The zero-order chi connectivity index (χ0) is 35.4. The van der Waals surface area contributed by atoms with Crippen LogP contribution in [0.5, 0.6) is 0 Å². The number of hydrogen-bond donors (Lipinski definition) is 4. The number of halogens is 2. The number of aliphatic hydroxyl groups is 1. The molecule has 0 aliphatic carbocycles. The average Bonchev–Trinajstić information content (AvgIpc) is 3.42. The molecule has 49 heavy (non-hydrogen) atoms. The number of carbonyl (C=O) groups excluding carboxylic acids is 3. The van der Waals surface area contributed by atoms with E-state index in [4.69, 9.17) is 17.3 Å². The number of primary amides is 1. The molecular weight excluding hydrogens is 651 g/mol. The van der Waals surface area contributed by atoms with Crippen LogP contribution in [0.15, 0.2) is 60.7 Å². The van der Waals surface area contributed by atoms with E-state index in [2.05, 4.69) is 27.7 Å². The van der Waals surface area contributed by atoms with Gasteiger partial charge in [-0.15, -0.1) is 0 Å². The highest BCUT2D eigenvalue weighted by Gasteiger charge is 2.27. The second-order valence-electron chi connectivity index (χ2n) is 12.6. The molecule has 260 valence electrons. The van der Waals surface area contributed by atoms with Crippen LogP contribution in [0, 0.1) is 5.82 Å². The molecule has 14 heteroatoms. The molecule has 1 aliphatic rings. The first-order chi connectivity index (χ1) is 23.3. The number of nitrogens with two attached hydrogens (primary N) is 1. The topological polar surface area (TPSA) is 149 Å². The van der Waals surface area contributed by atoms with E-state index in [0.717, 1.165) is 25.9 Å². The Morgan fingerprint density at radius 2 is 1.78 bits per heavy atom. The largest absolute Gasteiger partial charge is 0.364 e. The molecule has 0 bridgehead atoms. The Morgan fingerprint density at radius 3 is 2.45 bits per heavy atom. The molecule has 1 atom stereocenters. The molecule has 12 nitrogen and oxygen atoms in total. The number of benzene rings is 3. The number of anilines is 2. The summed E-state index contributed by atoms with van der Waals surface area (Å²) in [5.74, 6) is -2.48. The summed E-state index contributed by atoms with van der Waals surface area (Å²) in [6.45, 7) is 4.76. The van der Waals surface area contributed by atoms with E-state index < -0.39 is 35.9 Å². The third kappa shape index (κ3) is 8.19. The number of rotatable bonds is 12. The maximum atomic E-state index is 15.5. The summed E-state index contributed by atoms with van der Waals surface area (Å²) in [7, 11) is 3.94. The van der Waals surface area contributed by atoms with Crippen molar-refractivity contribution in [3.8, 4) is 11.1 Å². The fourth-order valence-electron chi connectivity index (χ4n) is 6.06. The van der Waals surface area contributed by atoms with Gasteiger partial charge in [0.25, 0.3) is 5.91 Å². The van der Waals surface area contributed by atoms with Crippen LogP contribution in [0.4, 0.5) is 15.8 Å². The molecule has 1 aliphatic heterocycles. The zero-order valence-corrected chi connectivity index (χ0v) is 28.7. The standard InChI is InChI=1S/C35H42ClFN8O4/c1-21(2)44(19-30(46)40-28-11-7-9-25(32(28)37)24-8-5-6-10-27(24)36)31(47)20-45-29-13-12-22(18-26(29)33(41-45)34(38)48)39-35(49)43(4)23-14-16-42(3)17-15-23/h5-13,18,21,23,35,39,49H,14-17,19-20H2,1-4H3,(H2,38,48)(H,40,46). The Hall–Kier alpha value is -4.56. The molecule has 1 saturated heterocycles. The number of carbonyl (C=O) groups is 3. The second kappa shape index (κ2) is 15.3. The molecule has 3 amide bonds. The Kier molecular flexibility index (Phi) is 11.2. The van der Waals surface area contributed by atoms with Crippen LogP contribution < -0.4 is 16.4 Å². The molecule has 0 spiro atoms. The van der Waals surface area contributed by atoms with E-state index in [0.29, 0.717) is 27.2 Å². The van der Waals surface area contributed by atoms with Gasteiger partial charge in [0.05, 0.1) is 11.2 Å². The Morgan fingerprint density at radius 1 is 1.08 bits per heavy atom. The van der Waals surface area contributed by atoms with Crippen molar-refractivity contribution in [2.45, 2.75) is 51.7 Å². The Balaban J connectivity index is 1.30. The van der Waals surface area contributed by atoms with Crippen LogP contribution in [0.25, 0.3) is 22.0 Å². The quantitative estimate of drug-likeness (QED) is 0.162. The summed E-state index contributed by atoms with van der Waals surface area (Å²) >= 11 is 6.27. The minimum absolute atomic E-state index is 0.0349. The first-order valence-electron chi connectivity index (χ1n) is 16.1. The predicted molar refractivity (Wildman–Crippen MR) is 188 cm³/mol. The smallest absolute Gasteiger partial charge is 0.269 e. The van der Waals surface area contributed by atoms with Crippen LogP contribution in [0.2, 0.25) is 5.02 Å². The van der Waals surface area contributed by atoms with Crippen molar-refractivity contribution in [1.29, 1.82) is 0 Å². The number of nitrogens with one attached hydrogen (secondary N) is 2. The van der Waals surface area contributed by atoms with Crippen molar-refractivity contribution < 1.29 is 23.9 Å². The van der Waals surface area contributed by atoms with Gasteiger partial charge >= 0.3 is 0 Å². The van der Waals surface area contributed by atoms with E-state index in [1.807, 2.05) is 11.9 Å². The van der Waals surface area contributed by atoms with Crippen LogP contribution in [-0.2, 0) is 16.1 Å². The molecule has 0 radical (unpaired) electrons. The fraction of sp³-hybridized carbons (Fsp3) is 0.371. The van der Waals surface area contributed by atoms with Gasteiger partial charge in [0.1, 0.15) is 13.1 Å². The summed E-state index contributed by atoms with van der Waals surface area (Å²) in [4.78, 5) is 44.6. The Bertz CT molecular complexity index is 1840. The highest BCUT2D eigenvalue weighted by molar-refractivity contribution is 6.33. The average molecular weight is 693 g/mol. The maximum Gasteiger partial charge on any atom is 0.269 e. The highest BCUT2D eigenvalue weighted by atomic mass is 35.5. The number of piperidine rings is 1. The number of nitrogens with zero attached hydrogens (tertiary/aromatic N) is 5. The molecule has 5 N–H and O–H groups in total. The van der Waals surface area contributed by atoms with E-state index >= 15 is 4.39 Å². The second-order valence-corrected chi connectivity index (χ2v) is 13.0. The lowest BCUT2D eigenvalue weighted by Gasteiger charge is -2.37. The first-order valence-corrected chi connectivity index (χ1v) is 16.5. The van der Waals surface area contributed by atoms with Gasteiger partial charge < -0.3 is 31.3 Å². The molecule has 5 rings (SSSR count). The van der Waals surface area contributed by atoms with Gasteiger partial charge in [0.15, 0.2) is 17.9 Å². The number of likely N-dealkylation sites (tertiary alicyclic amines) is 1. The van der Waals surface area contributed by atoms with Crippen molar-refractivity contribution in [3.05, 3.63) is 77.2 Å². The first kappa shape index (κ1) is 35.7. The monoisotopic (exact) mass is 692 g/mol. The van der Waals surface area contributed by atoms with Crippen molar-refractivity contribution in [3.63, 3.8) is 0 Å². The van der Waals surface area contributed by atoms with Crippen LogP contribution in [0.3, 0.4) is 0 Å². The van der Waals surface area contributed by atoms with E-state index in [-0.39, 0.29) is 36.1 Å². The van der Waals surface area contributed by atoms with Crippen molar-refractivity contribution >= 4 is 51.6 Å². The minimum atomic E-state index is -0.975. The van der Waals surface area contributed by atoms with Crippen LogP contribution >= 0.6 is 11.6 Å². The Labute approximate surface area is 289 Å². The normalized spacial score (nSPS) is 14.7. The van der Waals surface area contributed by atoms with Gasteiger partial charge in [-0.25, -0.2) is 4.39 Å². The molecule has 1 unspecified atom stereocenters. The van der Waals surface area contributed by atoms with Crippen molar-refractivity contribution in [1.82, 2.24) is 24.5 Å². The summed E-state index contributed by atoms with van der Waals surface area (Å²) in [5.41, 5.74) is 7.31. The van der Waals surface area contributed by atoms with E-state index in [9.17, 15) is 19.5 Å². The maximum absolute atomic E-state index is 15.5. The predicted octanol–water partition coefficient (Wildman–Crippen LogP) is 4.18.